The molecule has 4 heteroatoms. The lowest BCUT2D eigenvalue weighted by Gasteiger charge is -2.18. The number of rotatable bonds is 3. The fourth-order valence-electron chi connectivity index (χ4n) is 2.02. The fraction of sp³-hybridized carbons (Fsp3) is 0.286. The Morgan fingerprint density at radius 2 is 1.78 bits per heavy atom. The van der Waals surface area contributed by atoms with Gasteiger partial charge >= 0.3 is 0 Å². The third-order valence-corrected chi connectivity index (χ3v) is 2.94. The standard InChI is InChI=1S/C14H16FN3/c1-9-8-13(10(2)18-17-9)14(16-3)11-4-6-12(15)7-5-11/h4-8,14,16H,1-3H3. The molecule has 1 atom stereocenters. The van der Waals surface area contributed by atoms with E-state index in [-0.39, 0.29) is 11.9 Å². The van der Waals surface area contributed by atoms with Gasteiger partial charge in [0.15, 0.2) is 0 Å². The van der Waals surface area contributed by atoms with Gasteiger partial charge < -0.3 is 5.32 Å². The van der Waals surface area contributed by atoms with E-state index in [0.717, 1.165) is 22.5 Å². The van der Waals surface area contributed by atoms with Crippen LogP contribution in [0, 0.1) is 19.7 Å². The molecule has 1 N–H and O–H groups in total. The minimum atomic E-state index is -0.227. The predicted molar refractivity (Wildman–Crippen MR) is 68.8 cm³/mol. The van der Waals surface area contributed by atoms with E-state index in [0.29, 0.717) is 0 Å². The average Bonchev–Trinajstić information content (AvgIpc) is 2.37. The third-order valence-electron chi connectivity index (χ3n) is 2.94. The highest BCUT2D eigenvalue weighted by molar-refractivity contribution is 5.34. The van der Waals surface area contributed by atoms with E-state index in [2.05, 4.69) is 15.5 Å². The van der Waals surface area contributed by atoms with Gasteiger partial charge in [-0.15, -0.1) is 0 Å². The minimum Gasteiger partial charge on any atom is -0.309 e. The van der Waals surface area contributed by atoms with Crippen molar-refractivity contribution in [3.63, 3.8) is 0 Å². The first-order valence-corrected chi connectivity index (χ1v) is 5.85. The summed E-state index contributed by atoms with van der Waals surface area (Å²) in [6.45, 7) is 3.84. The van der Waals surface area contributed by atoms with Crippen LogP contribution in [-0.4, -0.2) is 17.2 Å². The van der Waals surface area contributed by atoms with Crippen LogP contribution in [0.4, 0.5) is 4.39 Å². The Hall–Kier alpha value is -1.81. The molecule has 1 aromatic carbocycles. The molecule has 0 spiro atoms. The van der Waals surface area contributed by atoms with Crippen LogP contribution in [-0.2, 0) is 0 Å². The highest BCUT2D eigenvalue weighted by atomic mass is 19.1. The molecule has 0 saturated carbocycles. The second kappa shape index (κ2) is 5.23. The van der Waals surface area contributed by atoms with Crippen LogP contribution in [0.15, 0.2) is 30.3 Å². The van der Waals surface area contributed by atoms with Crippen LogP contribution in [0.2, 0.25) is 0 Å². The van der Waals surface area contributed by atoms with E-state index >= 15 is 0 Å². The molecule has 2 rings (SSSR count). The molecule has 18 heavy (non-hydrogen) atoms. The van der Waals surface area contributed by atoms with Gasteiger partial charge in [-0.3, -0.25) is 0 Å². The Morgan fingerprint density at radius 1 is 1.11 bits per heavy atom. The molecule has 3 nitrogen and oxygen atoms in total. The zero-order valence-corrected chi connectivity index (χ0v) is 10.7. The molecular weight excluding hydrogens is 229 g/mol. The van der Waals surface area contributed by atoms with Gasteiger partial charge in [-0.1, -0.05) is 12.1 Å². The van der Waals surface area contributed by atoms with Gasteiger partial charge in [-0.2, -0.15) is 10.2 Å². The molecule has 0 aliphatic rings. The van der Waals surface area contributed by atoms with Gasteiger partial charge in [-0.05, 0) is 50.2 Å². The maximum atomic E-state index is 13.0. The number of nitrogens with one attached hydrogen (secondary N) is 1. The molecule has 0 saturated heterocycles. The summed E-state index contributed by atoms with van der Waals surface area (Å²) in [7, 11) is 1.88. The minimum absolute atomic E-state index is 0.000185. The van der Waals surface area contributed by atoms with Crippen molar-refractivity contribution in [1.29, 1.82) is 0 Å². The molecular formula is C14H16FN3. The molecule has 1 aromatic heterocycles. The van der Waals surface area contributed by atoms with E-state index in [4.69, 9.17) is 0 Å². The summed E-state index contributed by atoms with van der Waals surface area (Å²) in [5.41, 5.74) is 3.83. The summed E-state index contributed by atoms with van der Waals surface area (Å²) < 4.78 is 13.0. The predicted octanol–water partition coefficient (Wildman–Crippen LogP) is 2.54. The molecule has 0 fully saturated rings. The number of nitrogens with zero attached hydrogens (tertiary/aromatic N) is 2. The van der Waals surface area contributed by atoms with Gasteiger partial charge in [0.1, 0.15) is 5.82 Å². The highest BCUT2D eigenvalue weighted by Gasteiger charge is 2.15. The van der Waals surface area contributed by atoms with Crippen LogP contribution in [0.1, 0.15) is 28.6 Å². The number of benzene rings is 1. The summed E-state index contributed by atoms with van der Waals surface area (Å²) in [6.07, 6.45) is 0. The van der Waals surface area contributed by atoms with Crippen LogP contribution in [0.5, 0.6) is 0 Å². The van der Waals surface area contributed by atoms with Crippen molar-refractivity contribution in [3.8, 4) is 0 Å². The summed E-state index contributed by atoms with van der Waals surface area (Å²) in [4.78, 5) is 0. The van der Waals surface area contributed by atoms with Gasteiger partial charge in [0.25, 0.3) is 0 Å². The quantitative estimate of drug-likeness (QED) is 0.903. The SMILES string of the molecule is CNC(c1ccc(F)cc1)c1cc(C)nnc1C. The largest absolute Gasteiger partial charge is 0.309 e. The van der Waals surface area contributed by atoms with E-state index in [1.165, 1.54) is 12.1 Å². The van der Waals surface area contributed by atoms with E-state index < -0.39 is 0 Å². The smallest absolute Gasteiger partial charge is 0.123 e. The topological polar surface area (TPSA) is 37.8 Å². The van der Waals surface area contributed by atoms with Gasteiger partial charge in [0.05, 0.1) is 17.4 Å². The lowest BCUT2D eigenvalue weighted by molar-refractivity contribution is 0.622. The molecule has 0 aliphatic carbocycles. The number of halogens is 1. The van der Waals surface area contributed by atoms with Crippen molar-refractivity contribution in [3.05, 3.63) is 58.7 Å². The lowest BCUT2D eigenvalue weighted by Crippen LogP contribution is -2.19. The second-order valence-electron chi connectivity index (χ2n) is 4.30. The second-order valence-corrected chi connectivity index (χ2v) is 4.30. The Bertz CT molecular complexity index is 537. The number of aromatic nitrogens is 2. The van der Waals surface area contributed by atoms with Crippen molar-refractivity contribution >= 4 is 0 Å². The zero-order valence-electron chi connectivity index (χ0n) is 10.7. The number of hydrogen-bond acceptors (Lipinski definition) is 3. The van der Waals surface area contributed by atoms with E-state index in [1.54, 1.807) is 12.1 Å². The molecule has 94 valence electrons. The summed E-state index contributed by atoms with van der Waals surface area (Å²) >= 11 is 0. The van der Waals surface area contributed by atoms with Gasteiger partial charge in [0, 0.05) is 0 Å². The van der Waals surface area contributed by atoms with Gasteiger partial charge in [-0.25, -0.2) is 4.39 Å². The maximum Gasteiger partial charge on any atom is 0.123 e. The van der Waals surface area contributed by atoms with Crippen molar-refractivity contribution in [2.24, 2.45) is 0 Å². The number of aryl methyl sites for hydroxylation is 2. The normalized spacial score (nSPS) is 12.4. The monoisotopic (exact) mass is 245 g/mol. The Morgan fingerprint density at radius 3 is 2.39 bits per heavy atom. The summed E-state index contributed by atoms with van der Waals surface area (Å²) in [5, 5.41) is 11.4. The van der Waals surface area contributed by atoms with Crippen molar-refractivity contribution in [2.45, 2.75) is 19.9 Å². The zero-order chi connectivity index (χ0) is 13.1. The molecule has 0 bridgehead atoms. The van der Waals surface area contributed by atoms with E-state index in [1.807, 2.05) is 27.0 Å². The molecule has 0 amide bonds. The highest BCUT2D eigenvalue weighted by Crippen LogP contribution is 2.23. The average molecular weight is 245 g/mol. The fourth-order valence-corrected chi connectivity index (χ4v) is 2.02. The molecule has 1 unspecified atom stereocenters. The third kappa shape index (κ3) is 2.54. The maximum absolute atomic E-state index is 13.0. The first kappa shape index (κ1) is 12.6. The first-order chi connectivity index (χ1) is 8.61. The van der Waals surface area contributed by atoms with Crippen molar-refractivity contribution in [1.82, 2.24) is 15.5 Å². The van der Waals surface area contributed by atoms with E-state index in [9.17, 15) is 4.39 Å². The van der Waals surface area contributed by atoms with Crippen molar-refractivity contribution < 1.29 is 4.39 Å². The van der Waals surface area contributed by atoms with Crippen molar-refractivity contribution in [2.75, 3.05) is 7.05 Å². The summed E-state index contributed by atoms with van der Waals surface area (Å²) in [5.74, 6) is -0.227. The summed E-state index contributed by atoms with van der Waals surface area (Å²) in [6, 6.07) is 8.51. The Kier molecular flexibility index (Phi) is 3.67. The van der Waals surface area contributed by atoms with Crippen LogP contribution in [0.25, 0.3) is 0 Å². The van der Waals surface area contributed by atoms with Crippen LogP contribution >= 0.6 is 0 Å². The molecule has 0 radical (unpaired) electrons. The Labute approximate surface area is 106 Å². The lowest BCUT2D eigenvalue weighted by atomic mass is 9.98. The Balaban J connectivity index is 2.44. The molecule has 1 heterocycles. The molecule has 2 aromatic rings. The molecule has 0 aliphatic heterocycles. The number of hydrogen-bond donors (Lipinski definition) is 1. The van der Waals surface area contributed by atoms with Crippen LogP contribution < -0.4 is 5.32 Å². The van der Waals surface area contributed by atoms with Gasteiger partial charge in [0.2, 0.25) is 0 Å². The first-order valence-electron chi connectivity index (χ1n) is 5.85. The van der Waals surface area contributed by atoms with Crippen LogP contribution in [0.3, 0.4) is 0 Å².